The van der Waals surface area contributed by atoms with E-state index in [1.807, 2.05) is 20.8 Å². The molecule has 1 N–H and O–H groups in total. The van der Waals surface area contributed by atoms with Crippen molar-refractivity contribution in [3.63, 3.8) is 0 Å². The van der Waals surface area contributed by atoms with Gasteiger partial charge in [-0.05, 0) is 58.5 Å². The van der Waals surface area contributed by atoms with E-state index < -0.39 is 17.7 Å². The molecule has 0 bridgehead atoms. The first-order valence-corrected chi connectivity index (χ1v) is 7.55. The molecule has 2 saturated heterocycles. The van der Waals surface area contributed by atoms with Crippen LogP contribution in [0.2, 0.25) is 0 Å². The van der Waals surface area contributed by atoms with E-state index in [-0.39, 0.29) is 23.8 Å². The molecule has 0 aromatic rings. The predicted molar refractivity (Wildman–Crippen MR) is 85.1 cm³/mol. The first kappa shape index (κ1) is 19.0. The largest absolute Gasteiger partial charge is 0.467 e. The highest BCUT2D eigenvalue weighted by Gasteiger charge is 2.50. The zero-order valence-electron chi connectivity index (χ0n) is 13.8. The molecular weight excluding hydrogens is 308 g/mol. The van der Waals surface area contributed by atoms with Gasteiger partial charge in [-0.15, -0.1) is 12.4 Å². The fraction of sp³-hybridized carbons (Fsp3) is 0.867. The number of carbonyl (C=O) groups excluding carboxylic acids is 2. The Bertz CT molecular complexity index is 416. The zero-order chi connectivity index (χ0) is 15.7. The summed E-state index contributed by atoms with van der Waals surface area (Å²) in [5.41, 5.74) is -0.553. The van der Waals surface area contributed by atoms with Crippen molar-refractivity contribution in [2.45, 2.75) is 51.7 Å². The number of esters is 1. The van der Waals surface area contributed by atoms with Crippen LogP contribution < -0.4 is 5.32 Å². The number of rotatable bonds is 1. The Morgan fingerprint density at radius 2 is 1.82 bits per heavy atom. The molecular formula is C15H27ClN2O4. The van der Waals surface area contributed by atoms with Crippen molar-refractivity contribution in [1.29, 1.82) is 0 Å². The number of nitrogens with zero attached hydrogens (tertiary/aromatic N) is 1. The van der Waals surface area contributed by atoms with Crippen LogP contribution >= 0.6 is 12.4 Å². The molecule has 7 heteroatoms. The average Bonchev–Trinajstić information content (AvgIpc) is 2.76. The van der Waals surface area contributed by atoms with Crippen molar-refractivity contribution in [2.24, 2.45) is 5.41 Å². The van der Waals surface area contributed by atoms with Crippen molar-refractivity contribution >= 4 is 24.5 Å². The number of likely N-dealkylation sites (tertiary alicyclic amines) is 1. The molecule has 2 aliphatic heterocycles. The Labute approximate surface area is 138 Å². The number of hydrogen-bond acceptors (Lipinski definition) is 5. The van der Waals surface area contributed by atoms with E-state index in [1.165, 1.54) is 7.11 Å². The van der Waals surface area contributed by atoms with Crippen LogP contribution in [0.15, 0.2) is 0 Å². The predicted octanol–water partition coefficient (Wildman–Crippen LogP) is 1.96. The molecule has 2 heterocycles. The van der Waals surface area contributed by atoms with Gasteiger partial charge < -0.3 is 14.8 Å². The lowest BCUT2D eigenvalue weighted by molar-refractivity contribution is -0.145. The minimum Gasteiger partial charge on any atom is -0.467 e. The van der Waals surface area contributed by atoms with Gasteiger partial charge in [0.1, 0.15) is 11.6 Å². The Balaban J connectivity index is 0.00000242. The van der Waals surface area contributed by atoms with E-state index >= 15 is 0 Å². The fourth-order valence-electron chi connectivity index (χ4n) is 3.23. The van der Waals surface area contributed by atoms with Crippen LogP contribution in [0.1, 0.15) is 40.0 Å². The molecule has 0 aromatic carbocycles. The Hall–Kier alpha value is -1.01. The van der Waals surface area contributed by atoms with Gasteiger partial charge in [-0.2, -0.15) is 0 Å². The highest BCUT2D eigenvalue weighted by atomic mass is 35.5. The number of amides is 1. The summed E-state index contributed by atoms with van der Waals surface area (Å²) in [6.07, 6.45) is 2.19. The average molecular weight is 335 g/mol. The van der Waals surface area contributed by atoms with Crippen molar-refractivity contribution in [2.75, 3.05) is 26.7 Å². The molecule has 0 saturated carbocycles. The van der Waals surface area contributed by atoms with Crippen LogP contribution in [0.5, 0.6) is 0 Å². The SMILES string of the molecule is COC(=O)C1CC2(CCNCC2)CN1C(=O)OC(C)(C)C.Cl. The molecule has 1 amide bonds. The molecule has 0 radical (unpaired) electrons. The van der Waals surface area contributed by atoms with Gasteiger partial charge in [0.2, 0.25) is 0 Å². The minimum absolute atomic E-state index is 0. The highest BCUT2D eigenvalue weighted by Crippen LogP contribution is 2.42. The maximum absolute atomic E-state index is 12.4. The first-order chi connectivity index (χ1) is 9.76. The second-order valence-corrected chi connectivity index (χ2v) is 7.10. The molecule has 0 aromatic heterocycles. The third kappa shape index (κ3) is 4.26. The van der Waals surface area contributed by atoms with Gasteiger partial charge in [0, 0.05) is 6.54 Å². The summed E-state index contributed by atoms with van der Waals surface area (Å²) < 4.78 is 10.3. The number of halogens is 1. The summed E-state index contributed by atoms with van der Waals surface area (Å²) in [7, 11) is 1.36. The van der Waals surface area contributed by atoms with Gasteiger partial charge >= 0.3 is 12.1 Å². The lowest BCUT2D eigenvalue weighted by Gasteiger charge is -2.33. The molecule has 0 aliphatic carbocycles. The Morgan fingerprint density at radius 1 is 1.23 bits per heavy atom. The van der Waals surface area contributed by atoms with Gasteiger partial charge in [-0.25, -0.2) is 9.59 Å². The van der Waals surface area contributed by atoms with Crippen LogP contribution in [-0.2, 0) is 14.3 Å². The second kappa shape index (κ2) is 7.04. The van der Waals surface area contributed by atoms with Gasteiger partial charge in [-0.1, -0.05) is 0 Å². The summed E-state index contributed by atoms with van der Waals surface area (Å²) in [6, 6.07) is -0.525. The Kier molecular flexibility index (Phi) is 6.10. The summed E-state index contributed by atoms with van der Waals surface area (Å²) in [4.78, 5) is 26.0. The number of carbonyl (C=O) groups is 2. The fourth-order valence-corrected chi connectivity index (χ4v) is 3.23. The van der Waals surface area contributed by atoms with Crippen molar-refractivity contribution in [3.05, 3.63) is 0 Å². The highest BCUT2D eigenvalue weighted by molar-refractivity contribution is 5.85. The van der Waals surface area contributed by atoms with E-state index in [9.17, 15) is 9.59 Å². The maximum atomic E-state index is 12.4. The molecule has 1 spiro atoms. The van der Waals surface area contributed by atoms with Crippen LogP contribution in [0.25, 0.3) is 0 Å². The van der Waals surface area contributed by atoms with E-state index in [0.29, 0.717) is 13.0 Å². The van der Waals surface area contributed by atoms with Crippen LogP contribution in [-0.4, -0.2) is 55.3 Å². The monoisotopic (exact) mass is 334 g/mol. The second-order valence-electron chi connectivity index (χ2n) is 7.10. The molecule has 22 heavy (non-hydrogen) atoms. The molecule has 6 nitrogen and oxygen atoms in total. The van der Waals surface area contributed by atoms with Crippen LogP contribution in [0, 0.1) is 5.41 Å². The molecule has 2 aliphatic rings. The van der Waals surface area contributed by atoms with Gasteiger partial charge in [0.25, 0.3) is 0 Å². The topological polar surface area (TPSA) is 67.9 Å². The van der Waals surface area contributed by atoms with Crippen LogP contribution in [0.3, 0.4) is 0 Å². The van der Waals surface area contributed by atoms with E-state index in [0.717, 1.165) is 25.9 Å². The number of piperidine rings is 1. The molecule has 1 atom stereocenters. The van der Waals surface area contributed by atoms with Crippen molar-refractivity contribution in [1.82, 2.24) is 10.2 Å². The van der Waals surface area contributed by atoms with Gasteiger partial charge in [0.05, 0.1) is 7.11 Å². The summed E-state index contributed by atoms with van der Waals surface area (Å²) in [6.45, 7) is 7.91. The molecule has 1 unspecified atom stereocenters. The van der Waals surface area contributed by atoms with Gasteiger partial charge in [0.15, 0.2) is 0 Å². The van der Waals surface area contributed by atoms with Gasteiger partial charge in [-0.3, -0.25) is 4.90 Å². The zero-order valence-corrected chi connectivity index (χ0v) is 14.6. The van der Waals surface area contributed by atoms with Crippen LogP contribution in [0.4, 0.5) is 4.79 Å². The van der Waals surface area contributed by atoms with Crippen molar-refractivity contribution < 1.29 is 19.1 Å². The number of hydrogen-bond donors (Lipinski definition) is 1. The van der Waals surface area contributed by atoms with E-state index in [2.05, 4.69) is 5.32 Å². The van der Waals surface area contributed by atoms with Crippen molar-refractivity contribution in [3.8, 4) is 0 Å². The number of ether oxygens (including phenoxy) is 2. The first-order valence-electron chi connectivity index (χ1n) is 7.55. The molecule has 2 fully saturated rings. The molecule has 2 rings (SSSR count). The summed E-state index contributed by atoms with van der Waals surface area (Å²) in [5.74, 6) is -0.351. The molecule has 128 valence electrons. The number of methoxy groups -OCH3 is 1. The summed E-state index contributed by atoms with van der Waals surface area (Å²) in [5, 5.41) is 3.33. The normalized spacial score (nSPS) is 23.8. The van der Waals surface area contributed by atoms with E-state index in [4.69, 9.17) is 9.47 Å². The minimum atomic E-state index is -0.568. The third-order valence-electron chi connectivity index (χ3n) is 4.27. The third-order valence-corrected chi connectivity index (χ3v) is 4.27. The summed E-state index contributed by atoms with van der Waals surface area (Å²) >= 11 is 0. The Morgan fingerprint density at radius 3 is 2.32 bits per heavy atom. The lowest BCUT2D eigenvalue weighted by Crippen LogP contribution is -2.44. The number of nitrogens with one attached hydrogen (secondary N) is 1. The smallest absolute Gasteiger partial charge is 0.411 e. The quantitative estimate of drug-likeness (QED) is 0.742. The maximum Gasteiger partial charge on any atom is 0.411 e. The standard InChI is InChI=1S/C15H26N2O4.ClH/c1-14(2,3)21-13(19)17-10-15(5-7-16-8-6-15)9-11(17)12(18)20-4;/h11,16H,5-10H2,1-4H3;1H. The lowest BCUT2D eigenvalue weighted by atomic mass is 9.77. The van der Waals surface area contributed by atoms with E-state index in [1.54, 1.807) is 4.90 Å².